The predicted molar refractivity (Wildman–Crippen MR) is 61.3 cm³/mol. The van der Waals surface area contributed by atoms with E-state index in [1.165, 1.54) is 0 Å². The summed E-state index contributed by atoms with van der Waals surface area (Å²) in [6.07, 6.45) is 3.29. The van der Waals surface area contributed by atoms with Crippen LogP contribution in [-0.2, 0) is 4.84 Å². The SMILES string of the molecule is CC(C)(C)N1OC(N)=NC1c1cccnc1. The molecule has 0 radical (unpaired) electrons. The Balaban J connectivity index is 2.32. The van der Waals surface area contributed by atoms with Crippen molar-refractivity contribution in [1.82, 2.24) is 10.0 Å². The van der Waals surface area contributed by atoms with E-state index in [1.807, 2.05) is 32.9 Å². The second-order valence-corrected chi connectivity index (χ2v) is 4.72. The number of hydroxylamine groups is 2. The summed E-state index contributed by atoms with van der Waals surface area (Å²) in [6.45, 7) is 6.14. The van der Waals surface area contributed by atoms with Crippen molar-refractivity contribution in [3.8, 4) is 0 Å². The quantitative estimate of drug-likeness (QED) is 0.777. The number of amidine groups is 1. The molecule has 1 aromatic heterocycles. The summed E-state index contributed by atoms with van der Waals surface area (Å²) in [7, 11) is 0. The molecule has 5 heteroatoms. The highest BCUT2D eigenvalue weighted by molar-refractivity contribution is 5.72. The molecule has 16 heavy (non-hydrogen) atoms. The third kappa shape index (κ3) is 1.99. The highest BCUT2D eigenvalue weighted by Crippen LogP contribution is 2.32. The van der Waals surface area contributed by atoms with Crippen LogP contribution in [0.4, 0.5) is 0 Å². The summed E-state index contributed by atoms with van der Waals surface area (Å²) < 4.78 is 0. The van der Waals surface area contributed by atoms with E-state index in [1.54, 1.807) is 17.5 Å². The first-order chi connectivity index (χ1) is 7.48. The highest BCUT2D eigenvalue weighted by atomic mass is 16.7. The number of rotatable bonds is 1. The number of aromatic nitrogens is 1. The number of hydrogen-bond acceptors (Lipinski definition) is 5. The predicted octanol–water partition coefficient (Wildman–Crippen LogP) is 1.44. The van der Waals surface area contributed by atoms with Gasteiger partial charge in [-0.25, -0.2) is 4.99 Å². The van der Waals surface area contributed by atoms with Gasteiger partial charge in [0, 0.05) is 18.0 Å². The fraction of sp³-hybridized carbons (Fsp3) is 0.455. The zero-order chi connectivity index (χ0) is 11.8. The molecule has 2 heterocycles. The molecule has 1 unspecified atom stereocenters. The fourth-order valence-corrected chi connectivity index (χ4v) is 1.59. The maximum atomic E-state index is 5.62. The van der Waals surface area contributed by atoms with Crippen molar-refractivity contribution < 1.29 is 4.84 Å². The Morgan fingerprint density at radius 3 is 2.75 bits per heavy atom. The first-order valence-corrected chi connectivity index (χ1v) is 5.19. The minimum absolute atomic E-state index is 0.175. The van der Waals surface area contributed by atoms with Gasteiger partial charge in [-0.1, -0.05) is 6.07 Å². The number of hydrogen-bond donors (Lipinski definition) is 1. The Morgan fingerprint density at radius 2 is 2.19 bits per heavy atom. The molecule has 0 saturated carbocycles. The zero-order valence-electron chi connectivity index (χ0n) is 9.71. The Morgan fingerprint density at radius 1 is 1.44 bits per heavy atom. The number of pyridine rings is 1. The van der Waals surface area contributed by atoms with Crippen LogP contribution in [0.2, 0.25) is 0 Å². The van der Waals surface area contributed by atoms with Gasteiger partial charge in [0.25, 0.3) is 0 Å². The molecule has 0 bridgehead atoms. The Hall–Kier alpha value is -1.62. The standard InChI is InChI=1S/C11H16N4O/c1-11(2,3)15-9(14-10(12)16-15)8-5-4-6-13-7-8/h4-7,9H,1-3H3,(H2,12,14). The number of nitrogens with zero attached hydrogens (tertiary/aromatic N) is 3. The van der Waals surface area contributed by atoms with Crippen LogP contribution in [0.1, 0.15) is 32.5 Å². The van der Waals surface area contributed by atoms with Crippen molar-refractivity contribution in [3.63, 3.8) is 0 Å². The topological polar surface area (TPSA) is 63.7 Å². The Bertz CT molecular complexity index is 396. The van der Waals surface area contributed by atoms with Crippen molar-refractivity contribution in [3.05, 3.63) is 30.1 Å². The van der Waals surface area contributed by atoms with Crippen LogP contribution < -0.4 is 5.73 Å². The van der Waals surface area contributed by atoms with E-state index in [2.05, 4.69) is 9.98 Å². The van der Waals surface area contributed by atoms with Crippen LogP contribution in [0, 0.1) is 0 Å². The summed E-state index contributed by atoms with van der Waals surface area (Å²) in [5.74, 6) is 0. The fourth-order valence-electron chi connectivity index (χ4n) is 1.59. The summed E-state index contributed by atoms with van der Waals surface area (Å²) in [5.41, 5.74) is 6.41. The first-order valence-electron chi connectivity index (χ1n) is 5.19. The van der Waals surface area contributed by atoms with E-state index in [-0.39, 0.29) is 17.7 Å². The lowest BCUT2D eigenvalue weighted by Crippen LogP contribution is -2.41. The van der Waals surface area contributed by atoms with Crippen LogP contribution in [0.15, 0.2) is 29.5 Å². The van der Waals surface area contributed by atoms with Gasteiger partial charge in [-0.15, -0.1) is 5.06 Å². The van der Waals surface area contributed by atoms with Crippen LogP contribution in [0.5, 0.6) is 0 Å². The van der Waals surface area contributed by atoms with Crippen LogP contribution in [0.3, 0.4) is 0 Å². The van der Waals surface area contributed by atoms with Gasteiger partial charge in [0.05, 0.1) is 5.54 Å². The molecule has 1 atom stereocenters. The Kier molecular flexibility index (Phi) is 2.55. The second-order valence-electron chi connectivity index (χ2n) is 4.72. The summed E-state index contributed by atoms with van der Waals surface area (Å²) in [5, 5.41) is 1.78. The Labute approximate surface area is 94.9 Å². The molecule has 0 aliphatic carbocycles. The van der Waals surface area contributed by atoms with E-state index in [0.717, 1.165) is 5.56 Å². The van der Waals surface area contributed by atoms with Gasteiger partial charge in [0.1, 0.15) is 0 Å². The van der Waals surface area contributed by atoms with Crippen LogP contribution >= 0.6 is 0 Å². The molecule has 0 aromatic carbocycles. The molecule has 0 amide bonds. The largest absolute Gasteiger partial charge is 0.365 e. The lowest BCUT2D eigenvalue weighted by atomic mass is 10.1. The number of nitrogens with two attached hydrogens (primary N) is 1. The minimum Gasteiger partial charge on any atom is -0.365 e. The van der Waals surface area contributed by atoms with Gasteiger partial charge in [-0.2, -0.15) is 0 Å². The van der Waals surface area contributed by atoms with Gasteiger partial charge in [0.2, 0.25) is 0 Å². The molecule has 5 nitrogen and oxygen atoms in total. The van der Waals surface area contributed by atoms with E-state index in [9.17, 15) is 0 Å². The molecule has 1 aliphatic rings. The van der Waals surface area contributed by atoms with E-state index in [0.29, 0.717) is 0 Å². The summed E-state index contributed by atoms with van der Waals surface area (Å²) in [4.78, 5) is 13.8. The van der Waals surface area contributed by atoms with Crippen molar-refractivity contribution in [2.24, 2.45) is 10.7 Å². The third-order valence-corrected chi connectivity index (χ3v) is 2.31. The van der Waals surface area contributed by atoms with Crippen molar-refractivity contribution in [2.75, 3.05) is 0 Å². The van der Waals surface area contributed by atoms with Gasteiger partial charge < -0.3 is 10.6 Å². The second kappa shape index (κ2) is 3.75. The maximum absolute atomic E-state index is 5.62. The smallest absolute Gasteiger partial charge is 0.304 e. The van der Waals surface area contributed by atoms with Gasteiger partial charge >= 0.3 is 6.02 Å². The van der Waals surface area contributed by atoms with Gasteiger partial charge in [-0.3, -0.25) is 4.98 Å². The highest BCUT2D eigenvalue weighted by Gasteiger charge is 2.37. The van der Waals surface area contributed by atoms with Gasteiger partial charge in [0.15, 0.2) is 6.17 Å². The molecule has 0 fully saturated rings. The summed E-state index contributed by atoms with van der Waals surface area (Å²) >= 11 is 0. The molecular formula is C11H16N4O. The monoisotopic (exact) mass is 220 g/mol. The molecule has 1 aliphatic heterocycles. The van der Waals surface area contributed by atoms with Crippen LogP contribution in [0.25, 0.3) is 0 Å². The lowest BCUT2D eigenvalue weighted by Gasteiger charge is -2.32. The van der Waals surface area contributed by atoms with Crippen molar-refractivity contribution in [2.45, 2.75) is 32.5 Å². The van der Waals surface area contributed by atoms with Crippen molar-refractivity contribution in [1.29, 1.82) is 0 Å². The molecule has 2 rings (SSSR count). The average molecular weight is 220 g/mol. The molecule has 2 N–H and O–H groups in total. The molecule has 0 spiro atoms. The average Bonchev–Trinajstić information content (AvgIpc) is 2.61. The molecular weight excluding hydrogens is 204 g/mol. The first kappa shape index (κ1) is 10.9. The normalized spacial score (nSPS) is 21.7. The zero-order valence-corrected chi connectivity index (χ0v) is 9.71. The van der Waals surface area contributed by atoms with E-state index < -0.39 is 0 Å². The summed E-state index contributed by atoms with van der Waals surface area (Å²) in [6, 6.07) is 4.03. The lowest BCUT2D eigenvalue weighted by molar-refractivity contribution is -0.151. The maximum Gasteiger partial charge on any atom is 0.304 e. The van der Waals surface area contributed by atoms with Gasteiger partial charge in [-0.05, 0) is 26.8 Å². The van der Waals surface area contributed by atoms with E-state index in [4.69, 9.17) is 10.6 Å². The van der Waals surface area contributed by atoms with Crippen LogP contribution in [-0.4, -0.2) is 21.6 Å². The molecule has 86 valence electrons. The number of aliphatic imine (C=N–C) groups is 1. The molecule has 0 saturated heterocycles. The molecule has 1 aromatic rings. The third-order valence-electron chi connectivity index (χ3n) is 2.31. The minimum atomic E-state index is -0.214. The van der Waals surface area contributed by atoms with Crippen molar-refractivity contribution >= 4 is 6.02 Å². The van der Waals surface area contributed by atoms with E-state index >= 15 is 0 Å².